The van der Waals surface area contributed by atoms with Gasteiger partial charge < -0.3 is 11.1 Å². The highest BCUT2D eigenvalue weighted by Gasteiger charge is 2.18. The Morgan fingerprint density at radius 3 is 2.52 bits per heavy atom. The lowest BCUT2D eigenvalue weighted by molar-refractivity contribution is -0.130. The number of halogens is 1. The Hall–Kier alpha value is -1.72. The average molecular weight is 366 g/mol. The lowest BCUT2D eigenvalue weighted by Gasteiger charge is -2.12. The van der Waals surface area contributed by atoms with Crippen molar-refractivity contribution in [3.63, 3.8) is 0 Å². The summed E-state index contributed by atoms with van der Waals surface area (Å²) >= 11 is 5.87. The maximum Gasteiger partial charge on any atom is 0.294 e. The van der Waals surface area contributed by atoms with E-state index >= 15 is 0 Å². The number of nitrogens with one attached hydrogen (secondary N) is 2. The van der Waals surface area contributed by atoms with Gasteiger partial charge in [-0.15, -0.1) is 0 Å². The van der Waals surface area contributed by atoms with E-state index in [1.165, 1.54) is 5.48 Å². The summed E-state index contributed by atoms with van der Waals surface area (Å²) in [6.45, 7) is 1.55. The maximum atomic E-state index is 11.8. The lowest BCUT2D eigenvalue weighted by Crippen LogP contribution is -2.39. The summed E-state index contributed by atoms with van der Waals surface area (Å²) in [5.74, 6) is -1.37. The van der Waals surface area contributed by atoms with Gasteiger partial charge in [0.15, 0.2) is 0 Å². The zero-order chi connectivity index (χ0) is 17.8. The second-order valence-electron chi connectivity index (χ2n) is 4.72. The minimum Gasteiger partial charge on any atom is -0.326 e. The van der Waals surface area contributed by atoms with Crippen LogP contribution in [0.1, 0.15) is 18.4 Å². The molecule has 128 valence electrons. The van der Waals surface area contributed by atoms with Crippen molar-refractivity contribution in [1.29, 1.82) is 0 Å². The first-order valence-electron chi connectivity index (χ1n) is 6.33. The van der Waals surface area contributed by atoms with Crippen molar-refractivity contribution in [2.75, 3.05) is 5.32 Å². The zero-order valence-corrected chi connectivity index (χ0v) is 13.6. The van der Waals surface area contributed by atoms with E-state index in [9.17, 15) is 18.0 Å². The van der Waals surface area contributed by atoms with Crippen LogP contribution in [-0.4, -0.2) is 36.0 Å². The number of carbonyl (C=O) groups excluding carboxylic acids is 2. The molecular weight excluding hydrogens is 350 g/mol. The molecule has 2 amide bonds. The Bertz CT molecular complexity index is 722. The summed E-state index contributed by atoms with van der Waals surface area (Å²) in [4.78, 5) is 22.4. The zero-order valence-electron chi connectivity index (χ0n) is 12.0. The molecule has 11 heteroatoms. The molecule has 0 aliphatic carbocycles. The Labute approximate surface area is 137 Å². The second kappa shape index (κ2) is 7.70. The highest BCUT2D eigenvalue weighted by atomic mass is 35.5. The van der Waals surface area contributed by atoms with Gasteiger partial charge in [0.1, 0.15) is 0 Å². The van der Waals surface area contributed by atoms with Crippen LogP contribution >= 0.6 is 11.6 Å². The predicted octanol–water partition coefficient (Wildman–Crippen LogP) is 0.447. The summed E-state index contributed by atoms with van der Waals surface area (Å²) in [7, 11) is -4.48. The Morgan fingerprint density at radius 1 is 1.39 bits per heavy atom. The molecule has 0 bridgehead atoms. The molecular formula is C12H16ClN3O6S. The predicted molar refractivity (Wildman–Crippen MR) is 81.8 cm³/mol. The largest absolute Gasteiger partial charge is 0.326 e. The summed E-state index contributed by atoms with van der Waals surface area (Å²) in [5, 5.41) is 10.9. The molecule has 6 N–H and O–H groups in total. The second-order valence-corrected chi connectivity index (χ2v) is 6.55. The normalized spacial score (nSPS) is 12.6. The molecule has 0 spiro atoms. The van der Waals surface area contributed by atoms with Crippen molar-refractivity contribution in [3.05, 3.63) is 22.7 Å². The number of carbonyl (C=O) groups is 2. The van der Waals surface area contributed by atoms with Gasteiger partial charge >= 0.3 is 0 Å². The molecule has 0 aliphatic rings. The molecule has 0 aromatic heterocycles. The minimum absolute atomic E-state index is 0.0387. The Kier molecular flexibility index (Phi) is 6.47. The molecule has 0 fully saturated rings. The summed E-state index contributed by atoms with van der Waals surface area (Å²) < 4.78 is 31.4. The van der Waals surface area contributed by atoms with Crippen LogP contribution in [0.2, 0.25) is 5.02 Å². The van der Waals surface area contributed by atoms with Crippen LogP contribution in [0.15, 0.2) is 17.0 Å². The topological polar surface area (TPSA) is 159 Å². The average Bonchev–Trinajstić information content (AvgIpc) is 2.47. The fraction of sp³-hybridized carbons (Fsp3) is 0.333. The number of hydroxylamine groups is 1. The van der Waals surface area contributed by atoms with E-state index in [-0.39, 0.29) is 23.6 Å². The number of nitrogens with two attached hydrogens (primary N) is 1. The van der Waals surface area contributed by atoms with E-state index in [1.807, 2.05) is 0 Å². The van der Waals surface area contributed by atoms with Gasteiger partial charge in [-0.3, -0.25) is 19.3 Å². The van der Waals surface area contributed by atoms with Crippen molar-refractivity contribution in [1.82, 2.24) is 5.48 Å². The van der Waals surface area contributed by atoms with Gasteiger partial charge in [-0.05, 0) is 31.0 Å². The van der Waals surface area contributed by atoms with Gasteiger partial charge in [0, 0.05) is 17.1 Å². The smallest absolute Gasteiger partial charge is 0.294 e. The molecule has 0 radical (unpaired) electrons. The van der Waals surface area contributed by atoms with Crippen molar-refractivity contribution in [2.45, 2.75) is 30.7 Å². The van der Waals surface area contributed by atoms with Crippen LogP contribution in [0, 0.1) is 6.92 Å². The molecule has 0 saturated carbocycles. The summed E-state index contributed by atoms with van der Waals surface area (Å²) in [6, 6.07) is 1.05. The minimum atomic E-state index is -4.48. The van der Waals surface area contributed by atoms with Gasteiger partial charge in [0.2, 0.25) is 5.91 Å². The number of rotatable bonds is 6. The van der Waals surface area contributed by atoms with Crippen molar-refractivity contribution in [3.8, 4) is 0 Å². The van der Waals surface area contributed by atoms with Crippen LogP contribution < -0.4 is 16.5 Å². The first-order valence-corrected chi connectivity index (χ1v) is 8.15. The number of amides is 2. The van der Waals surface area contributed by atoms with Crippen molar-refractivity contribution < 1.29 is 27.8 Å². The molecule has 1 aromatic carbocycles. The number of hydrogen-bond acceptors (Lipinski definition) is 6. The van der Waals surface area contributed by atoms with E-state index < -0.39 is 32.9 Å². The third kappa shape index (κ3) is 5.44. The Balaban J connectivity index is 2.86. The molecule has 1 aromatic rings. The van der Waals surface area contributed by atoms with Crippen LogP contribution in [-0.2, 0) is 19.7 Å². The standard InChI is InChI=1S/C12H16ClN3O6S/c1-6-8(13)4-7(23(20,21)22)5-10(6)15-11(17)3-2-9(14)12(18)16-19/h4-5,9,19H,2-3,14H2,1H3,(H,15,17)(H,16,18)(H,20,21,22)/t9-/m0/s1. The number of benzene rings is 1. The van der Waals surface area contributed by atoms with E-state index in [4.69, 9.17) is 27.1 Å². The molecule has 0 aliphatic heterocycles. The van der Waals surface area contributed by atoms with Crippen LogP contribution in [0.5, 0.6) is 0 Å². The maximum absolute atomic E-state index is 11.8. The SMILES string of the molecule is Cc1c(Cl)cc(S(=O)(=O)O)cc1NC(=O)CC[C@H](N)C(=O)NO. The fourth-order valence-electron chi connectivity index (χ4n) is 1.65. The van der Waals surface area contributed by atoms with Gasteiger partial charge in [0.25, 0.3) is 16.0 Å². The van der Waals surface area contributed by atoms with Crippen molar-refractivity contribution in [2.24, 2.45) is 5.73 Å². The lowest BCUT2D eigenvalue weighted by atomic mass is 10.1. The van der Waals surface area contributed by atoms with E-state index in [0.29, 0.717) is 5.56 Å². The van der Waals surface area contributed by atoms with E-state index in [2.05, 4.69) is 5.32 Å². The van der Waals surface area contributed by atoms with Gasteiger partial charge in [-0.2, -0.15) is 8.42 Å². The molecule has 23 heavy (non-hydrogen) atoms. The molecule has 1 rings (SSSR count). The third-order valence-corrected chi connectivity index (χ3v) is 4.24. The van der Waals surface area contributed by atoms with Gasteiger partial charge in [0.05, 0.1) is 10.9 Å². The van der Waals surface area contributed by atoms with Gasteiger partial charge in [-0.25, -0.2) is 5.48 Å². The first-order chi connectivity index (χ1) is 10.6. The van der Waals surface area contributed by atoms with Crippen LogP contribution in [0.4, 0.5) is 5.69 Å². The monoisotopic (exact) mass is 365 g/mol. The highest BCUT2D eigenvalue weighted by Crippen LogP contribution is 2.28. The fourth-order valence-corrected chi connectivity index (χ4v) is 2.46. The first kappa shape index (κ1) is 19.3. The highest BCUT2D eigenvalue weighted by molar-refractivity contribution is 7.85. The molecule has 0 unspecified atom stereocenters. The molecule has 0 saturated heterocycles. The summed E-state index contributed by atoms with van der Waals surface area (Å²) in [5.41, 5.74) is 7.30. The summed E-state index contributed by atoms with van der Waals surface area (Å²) in [6.07, 6.45) is -0.190. The number of hydrogen-bond donors (Lipinski definition) is 5. The van der Waals surface area contributed by atoms with Gasteiger partial charge in [-0.1, -0.05) is 11.6 Å². The Morgan fingerprint density at radius 2 is 2.00 bits per heavy atom. The van der Waals surface area contributed by atoms with Crippen molar-refractivity contribution >= 4 is 39.2 Å². The third-order valence-electron chi connectivity index (χ3n) is 3.02. The quantitative estimate of drug-likeness (QED) is 0.278. The molecule has 9 nitrogen and oxygen atoms in total. The van der Waals surface area contributed by atoms with Crippen LogP contribution in [0.3, 0.4) is 0 Å². The molecule has 0 heterocycles. The number of anilines is 1. The van der Waals surface area contributed by atoms with E-state index in [1.54, 1.807) is 6.92 Å². The van der Waals surface area contributed by atoms with Crippen LogP contribution in [0.25, 0.3) is 0 Å². The van der Waals surface area contributed by atoms with E-state index in [0.717, 1.165) is 12.1 Å². The molecule has 1 atom stereocenters.